The van der Waals surface area contributed by atoms with Crippen LogP contribution >= 0.6 is 11.6 Å². The predicted octanol–water partition coefficient (Wildman–Crippen LogP) is 3.16. The molecule has 0 radical (unpaired) electrons. The van der Waals surface area contributed by atoms with E-state index in [9.17, 15) is 14.0 Å². The first-order chi connectivity index (χ1) is 15.4. The third-order valence-corrected chi connectivity index (χ3v) is 6.41. The van der Waals surface area contributed by atoms with Gasteiger partial charge in [0, 0.05) is 51.8 Å². The quantitative estimate of drug-likeness (QED) is 0.698. The van der Waals surface area contributed by atoms with Crippen LogP contribution in [0, 0.1) is 5.95 Å². The van der Waals surface area contributed by atoms with Gasteiger partial charge in [0.2, 0.25) is 5.95 Å². The second-order valence-corrected chi connectivity index (χ2v) is 8.28. The van der Waals surface area contributed by atoms with Crippen molar-refractivity contribution in [1.82, 2.24) is 15.2 Å². The first-order valence-electron chi connectivity index (χ1n) is 10.7. The van der Waals surface area contributed by atoms with Gasteiger partial charge in [-0.3, -0.25) is 14.5 Å². The van der Waals surface area contributed by atoms with Crippen LogP contribution in [0.15, 0.2) is 29.3 Å². The number of Topliss-reactive ketones (excluding diaryl/α,β-unsaturated/α-hetero) is 1. The Morgan fingerprint density at radius 3 is 2.59 bits per heavy atom. The predicted molar refractivity (Wildman–Crippen MR) is 123 cm³/mol. The van der Waals surface area contributed by atoms with Crippen LogP contribution in [0.2, 0.25) is 5.02 Å². The lowest BCUT2D eigenvalue weighted by molar-refractivity contribution is -0.112. The molecule has 2 aromatic rings. The molecule has 0 bridgehead atoms. The first kappa shape index (κ1) is 22.4. The molecule has 0 spiro atoms. The van der Waals surface area contributed by atoms with Crippen LogP contribution in [0.1, 0.15) is 35.0 Å². The summed E-state index contributed by atoms with van der Waals surface area (Å²) in [5.41, 5.74) is 3.60. The van der Waals surface area contributed by atoms with Gasteiger partial charge in [0.15, 0.2) is 5.78 Å². The minimum atomic E-state index is -0.644. The van der Waals surface area contributed by atoms with Gasteiger partial charge in [-0.15, -0.1) is 0 Å². The van der Waals surface area contributed by atoms with Crippen molar-refractivity contribution in [2.24, 2.45) is 4.99 Å². The Morgan fingerprint density at radius 2 is 1.94 bits per heavy atom. The number of ketones is 1. The number of nitrogens with zero attached hydrogens (tertiary/aromatic N) is 4. The van der Waals surface area contributed by atoms with Gasteiger partial charge in [-0.2, -0.15) is 4.39 Å². The van der Waals surface area contributed by atoms with E-state index in [0.717, 1.165) is 29.9 Å². The lowest BCUT2D eigenvalue weighted by Gasteiger charge is -2.36. The number of piperazine rings is 1. The molecule has 2 aliphatic rings. The number of rotatable bonds is 5. The lowest BCUT2D eigenvalue weighted by Crippen LogP contribution is -2.46. The van der Waals surface area contributed by atoms with E-state index in [-0.39, 0.29) is 11.5 Å². The maximum absolute atomic E-state index is 14.5. The van der Waals surface area contributed by atoms with Gasteiger partial charge in [0.1, 0.15) is 5.69 Å². The van der Waals surface area contributed by atoms with Crippen molar-refractivity contribution in [3.63, 3.8) is 0 Å². The Balaban J connectivity index is 1.42. The molecule has 1 N–H and O–H groups in total. The highest BCUT2D eigenvalue weighted by molar-refractivity contribution is 6.42. The summed E-state index contributed by atoms with van der Waals surface area (Å²) in [7, 11) is 1.48. The molecule has 0 aliphatic carbocycles. The van der Waals surface area contributed by atoms with Crippen LogP contribution in [-0.2, 0) is 17.8 Å². The average molecular weight is 458 g/mol. The Kier molecular flexibility index (Phi) is 6.53. The van der Waals surface area contributed by atoms with E-state index in [1.54, 1.807) is 6.07 Å². The van der Waals surface area contributed by atoms with Crippen LogP contribution in [-0.4, -0.2) is 60.5 Å². The number of carbonyl (C=O) groups excluding carboxylic acids is 2. The van der Waals surface area contributed by atoms with Crippen molar-refractivity contribution in [1.29, 1.82) is 0 Å². The smallest absolute Gasteiger partial charge is 0.269 e. The Bertz CT molecular complexity index is 1100. The number of aliphatic imine (C=N–C) groups is 1. The van der Waals surface area contributed by atoms with Crippen LogP contribution in [0.25, 0.3) is 0 Å². The fourth-order valence-electron chi connectivity index (χ4n) is 4.11. The Hall–Kier alpha value is -2.84. The summed E-state index contributed by atoms with van der Waals surface area (Å²) in [4.78, 5) is 36.3. The average Bonchev–Trinajstić information content (AvgIpc) is 2.81. The van der Waals surface area contributed by atoms with E-state index in [4.69, 9.17) is 11.6 Å². The zero-order valence-electron chi connectivity index (χ0n) is 18.1. The van der Waals surface area contributed by atoms with Crippen LogP contribution in [0.4, 0.5) is 15.8 Å². The number of carbonyl (C=O) groups is 2. The van der Waals surface area contributed by atoms with Crippen LogP contribution in [0.5, 0.6) is 0 Å². The van der Waals surface area contributed by atoms with Gasteiger partial charge >= 0.3 is 0 Å². The van der Waals surface area contributed by atoms with Crippen molar-refractivity contribution in [3.8, 4) is 0 Å². The number of anilines is 1. The van der Waals surface area contributed by atoms with Gasteiger partial charge < -0.3 is 10.2 Å². The van der Waals surface area contributed by atoms with Gasteiger partial charge in [0.05, 0.1) is 22.1 Å². The zero-order valence-corrected chi connectivity index (χ0v) is 18.9. The third-order valence-electron chi connectivity index (χ3n) is 5.94. The number of amides is 1. The standard InChI is InChI=1S/C23H25ClFN5O2/c1-3-16-20(31)12-15-17(27-16)5-4-14(21(15)24)13-29-8-10-30(11-9-29)19-7-6-18(23(32)26-2)28-22(19)25/h4-7H,3,8-13H2,1-2H3,(H,26,32). The number of hydrogen-bond donors (Lipinski definition) is 1. The summed E-state index contributed by atoms with van der Waals surface area (Å²) in [5, 5.41) is 3.05. The zero-order chi connectivity index (χ0) is 22.8. The van der Waals surface area contributed by atoms with Gasteiger partial charge in [-0.1, -0.05) is 24.6 Å². The van der Waals surface area contributed by atoms with Crippen molar-refractivity contribution in [2.75, 3.05) is 38.1 Å². The van der Waals surface area contributed by atoms with Crippen molar-refractivity contribution >= 4 is 40.4 Å². The minimum Gasteiger partial charge on any atom is -0.365 e. The van der Waals surface area contributed by atoms with E-state index in [0.29, 0.717) is 48.9 Å². The van der Waals surface area contributed by atoms with Gasteiger partial charge in [-0.05, 0) is 30.2 Å². The molecule has 9 heteroatoms. The van der Waals surface area contributed by atoms with E-state index >= 15 is 0 Å². The summed E-state index contributed by atoms with van der Waals surface area (Å²) in [6, 6.07) is 7.04. The maximum Gasteiger partial charge on any atom is 0.269 e. The van der Waals surface area contributed by atoms with Gasteiger partial charge in [0.25, 0.3) is 5.91 Å². The first-order valence-corrected chi connectivity index (χ1v) is 11.1. The van der Waals surface area contributed by atoms with Crippen molar-refractivity contribution in [3.05, 3.63) is 52.1 Å². The second-order valence-electron chi connectivity index (χ2n) is 7.90. The maximum atomic E-state index is 14.5. The lowest BCUT2D eigenvalue weighted by atomic mass is 9.97. The molecule has 0 atom stereocenters. The van der Waals surface area contributed by atoms with Crippen LogP contribution < -0.4 is 10.2 Å². The molecule has 3 heterocycles. The number of pyridine rings is 1. The Labute approximate surface area is 191 Å². The highest BCUT2D eigenvalue weighted by Gasteiger charge is 2.25. The Morgan fingerprint density at radius 1 is 1.19 bits per heavy atom. The van der Waals surface area contributed by atoms with E-state index in [1.165, 1.54) is 13.1 Å². The number of fused-ring (bicyclic) bond motifs is 1. The summed E-state index contributed by atoms with van der Waals surface area (Å²) in [6.45, 7) is 5.28. The molecule has 7 nitrogen and oxygen atoms in total. The number of benzene rings is 1. The summed E-state index contributed by atoms with van der Waals surface area (Å²) in [6.07, 6.45) is 0.910. The fourth-order valence-corrected chi connectivity index (χ4v) is 4.39. The summed E-state index contributed by atoms with van der Waals surface area (Å²) in [5.74, 6) is -1.03. The number of hydrogen-bond acceptors (Lipinski definition) is 6. The largest absolute Gasteiger partial charge is 0.365 e. The normalized spacial score (nSPS) is 16.6. The number of halogens is 2. The molecule has 1 aromatic carbocycles. The molecule has 1 fully saturated rings. The van der Waals surface area contributed by atoms with E-state index < -0.39 is 11.9 Å². The summed E-state index contributed by atoms with van der Waals surface area (Å²) < 4.78 is 14.5. The molecule has 32 heavy (non-hydrogen) atoms. The molecule has 0 unspecified atom stereocenters. The monoisotopic (exact) mass is 457 g/mol. The highest BCUT2D eigenvalue weighted by Crippen LogP contribution is 2.34. The third kappa shape index (κ3) is 4.38. The summed E-state index contributed by atoms with van der Waals surface area (Å²) >= 11 is 6.65. The van der Waals surface area contributed by atoms with Gasteiger partial charge in [-0.25, -0.2) is 9.98 Å². The number of aromatic nitrogens is 1. The molecular formula is C23H25ClFN5O2. The topological polar surface area (TPSA) is 77.9 Å². The molecule has 1 saturated heterocycles. The van der Waals surface area contributed by atoms with E-state index in [2.05, 4.69) is 20.2 Å². The molecule has 168 valence electrons. The molecule has 1 aromatic heterocycles. The van der Waals surface area contributed by atoms with E-state index in [1.807, 2.05) is 24.0 Å². The van der Waals surface area contributed by atoms with Crippen molar-refractivity contribution in [2.45, 2.75) is 26.3 Å². The molecule has 1 amide bonds. The highest BCUT2D eigenvalue weighted by atomic mass is 35.5. The molecule has 4 rings (SSSR count). The number of nitrogens with one attached hydrogen (secondary N) is 1. The minimum absolute atomic E-state index is 0.0331. The molecular weight excluding hydrogens is 433 g/mol. The fraction of sp³-hybridized carbons (Fsp3) is 0.391. The molecule has 0 saturated carbocycles. The SMILES string of the molecule is CCC1=Nc2ccc(CN3CCN(c4ccc(C(=O)NC)nc4F)CC3)c(Cl)c2CC1=O. The van der Waals surface area contributed by atoms with Crippen molar-refractivity contribution < 1.29 is 14.0 Å². The molecule has 2 aliphatic heterocycles. The van der Waals surface area contributed by atoms with Crippen LogP contribution in [0.3, 0.4) is 0 Å². The second kappa shape index (κ2) is 9.34.